The zero-order valence-electron chi connectivity index (χ0n) is 10.9. The van der Waals surface area contributed by atoms with Crippen LogP contribution < -0.4 is 11.1 Å². The van der Waals surface area contributed by atoms with E-state index >= 15 is 0 Å². The van der Waals surface area contributed by atoms with Crippen LogP contribution in [-0.2, 0) is 14.8 Å². The molecule has 108 valence electrons. The molecule has 0 saturated carbocycles. The summed E-state index contributed by atoms with van der Waals surface area (Å²) in [5, 5.41) is 2.55. The predicted molar refractivity (Wildman–Crippen MR) is 72.4 cm³/mol. The second-order valence-electron chi connectivity index (χ2n) is 4.34. The van der Waals surface area contributed by atoms with Crippen LogP contribution >= 0.6 is 0 Å². The number of benzene rings is 1. The predicted octanol–water partition coefficient (Wildman–Crippen LogP) is -0.0605. The highest BCUT2D eigenvalue weighted by Crippen LogP contribution is 2.31. The van der Waals surface area contributed by atoms with Gasteiger partial charge in [-0.15, -0.1) is 0 Å². The number of anilines is 1. The van der Waals surface area contributed by atoms with Gasteiger partial charge in [-0.2, -0.15) is 0 Å². The van der Waals surface area contributed by atoms with Crippen LogP contribution in [-0.4, -0.2) is 37.6 Å². The third-order valence-electron chi connectivity index (χ3n) is 2.95. The lowest BCUT2D eigenvalue weighted by Crippen LogP contribution is -2.34. The van der Waals surface area contributed by atoms with E-state index in [1.165, 1.54) is 18.2 Å². The van der Waals surface area contributed by atoms with E-state index in [1.54, 1.807) is 6.92 Å². The number of nitrogens with zero attached hydrogens (tertiary/aromatic N) is 1. The lowest BCUT2D eigenvalue weighted by molar-refractivity contribution is -0.121. The Morgan fingerprint density at radius 3 is 2.75 bits per heavy atom. The molecule has 0 aromatic heterocycles. The number of nitrogen functional groups attached to an aromatic ring is 1. The van der Waals surface area contributed by atoms with Gasteiger partial charge in [0.15, 0.2) is 0 Å². The molecule has 0 bridgehead atoms. The number of rotatable bonds is 4. The van der Waals surface area contributed by atoms with Gasteiger partial charge < -0.3 is 11.1 Å². The largest absolute Gasteiger partial charge is 0.399 e. The fraction of sp³-hybridized carbons (Fsp3) is 0.333. The Kier molecular flexibility index (Phi) is 3.67. The summed E-state index contributed by atoms with van der Waals surface area (Å²) in [4.78, 5) is 23.4. The van der Waals surface area contributed by atoms with Gasteiger partial charge in [0.05, 0.1) is 5.56 Å². The molecular weight excluding hydrogens is 282 g/mol. The SMILES string of the molecule is CCNC(=O)CCN1C(=O)c2ccc(N)cc2S1(=O)=O. The molecule has 1 heterocycles. The van der Waals surface area contributed by atoms with Crippen LogP contribution in [0, 0.1) is 0 Å². The van der Waals surface area contributed by atoms with Crippen LogP contribution in [0.4, 0.5) is 5.69 Å². The Hall–Kier alpha value is -2.09. The van der Waals surface area contributed by atoms with Crippen LogP contribution in [0.5, 0.6) is 0 Å². The molecule has 0 atom stereocenters. The highest BCUT2D eigenvalue weighted by atomic mass is 32.2. The topological polar surface area (TPSA) is 110 Å². The van der Waals surface area contributed by atoms with Crippen molar-refractivity contribution in [3.8, 4) is 0 Å². The number of amides is 2. The van der Waals surface area contributed by atoms with Crippen molar-refractivity contribution in [2.45, 2.75) is 18.2 Å². The number of carbonyl (C=O) groups is 2. The molecule has 1 aromatic carbocycles. The van der Waals surface area contributed by atoms with Crippen LogP contribution in [0.3, 0.4) is 0 Å². The smallest absolute Gasteiger partial charge is 0.269 e. The molecule has 1 aliphatic rings. The highest BCUT2D eigenvalue weighted by Gasteiger charge is 2.41. The van der Waals surface area contributed by atoms with E-state index in [4.69, 9.17) is 5.73 Å². The summed E-state index contributed by atoms with van der Waals surface area (Å²) in [7, 11) is -3.90. The number of hydrogen-bond acceptors (Lipinski definition) is 5. The second kappa shape index (κ2) is 5.12. The minimum Gasteiger partial charge on any atom is -0.399 e. The van der Waals surface area contributed by atoms with E-state index in [9.17, 15) is 18.0 Å². The minimum atomic E-state index is -3.90. The van der Waals surface area contributed by atoms with Crippen molar-refractivity contribution in [2.24, 2.45) is 0 Å². The average Bonchev–Trinajstić information content (AvgIpc) is 2.56. The standard InChI is InChI=1S/C12H15N3O4S/c1-2-14-11(16)5-6-15-12(17)9-4-3-8(13)7-10(9)20(15,18)19/h3-4,7H,2,5-6,13H2,1H3,(H,14,16). The van der Waals surface area contributed by atoms with Gasteiger partial charge in [-0.05, 0) is 25.1 Å². The molecule has 0 aliphatic carbocycles. The number of nitrogens with one attached hydrogen (secondary N) is 1. The van der Waals surface area contributed by atoms with Crippen molar-refractivity contribution in [3.05, 3.63) is 23.8 Å². The molecule has 8 heteroatoms. The van der Waals surface area contributed by atoms with Crippen molar-refractivity contribution in [1.82, 2.24) is 9.62 Å². The summed E-state index contributed by atoms with van der Waals surface area (Å²) in [5.41, 5.74) is 5.91. The zero-order valence-corrected chi connectivity index (χ0v) is 11.7. The minimum absolute atomic E-state index is 0.0672. The lowest BCUT2D eigenvalue weighted by atomic mass is 10.2. The number of nitrogens with two attached hydrogens (primary N) is 1. The van der Waals surface area contributed by atoms with E-state index in [2.05, 4.69) is 5.32 Å². The summed E-state index contributed by atoms with van der Waals surface area (Å²) in [6, 6.07) is 4.12. The third-order valence-corrected chi connectivity index (χ3v) is 4.77. The fourth-order valence-corrected chi connectivity index (χ4v) is 3.61. The first-order valence-electron chi connectivity index (χ1n) is 6.11. The molecule has 7 nitrogen and oxygen atoms in total. The number of fused-ring (bicyclic) bond motifs is 1. The van der Waals surface area contributed by atoms with Crippen molar-refractivity contribution in [1.29, 1.82) is 0 Å². The number of sulfonamides is 1. The summed E-state index contributed by atoms with van der Waals surface area (Å²) < 4.78 is 25.2. The second-order valence-corrected chi connectivity index (χ2v) is 6.17. The molecule has 0 unspecified atom stereocenters. The lowest BCUT2D eigenvalue weighted by Gasteiger charge is -2.14. The van der Waals surface area contributed by atoms with Crippen molar-refractivity contribution < 1.29 is 18.0 Å². The summed E-state index contributed by atoms with van der Waals surface area (Å²) in [6.45, 7) is 2.03. The molecule has 0 fully saturated rings. The Balaban J connectivity index is 2.26. The van der Waals surface area contributed by atoms with E-state index in [1.807, 2.05) is 0 Å². The molecule has 0 saturated heterocycles. The Bertz CT molecular complexity index is 669. The maximum Gasteiger partial charge on any atom is 0.269 e. The monoisotopic (exact) mass is 297 g/mol. The van der Waals surface area contributed by atoms with Crippen LogP contribution in [0.25, 0.3) is 0 Å². The molecule has 1 aromatic rings. The van der Waals surface area contributed by atoms with Gasteiger partial charge in [0.25, 0.3) is 15.9 Å². The highest BCUT2D eigenvalue weighted by molar-refractivity contribution is 7.90. The van der Waals surface area contributed by atoms with Crippen molar-refractivity contribution in [3.63, 3.8) is 0 Å². The summed E-state index contributed by atoms with van der Waals surface area (Å²) in [6.07, 6.45) is -0.0672. The first-order valence-corrected chi connectivity index (χ1v) is 7.55. The van der Waals surface area contributed by atoms with Crippen LogP contribution in [0.1, 0.15) is 23.7 Å². The normalized spacial score (nSPS) is 16.1. The molecule has 20 heavy (non-hydrogen) atoms. The Labute approximate surface area is 116 Å². The fourth-order valence-electron chi connectivity index (χ4n) is 2.00. The van der Waals surface area contributed by atoms with Gasteiger partial charge >= 0.3 is 0 Å². The van der Waals surface area contributed by atoms with E-state index < -0.39 is 15.9 Å². The van der Waals surface area contributed by atoms with Gasteiger partial charge in [-0.25, -0.2) is 12.7 Å². The zero-order chi connectivity index (χ0) is 14.9. The van der Waals surface area contributed by atoms with Crippen LogP contribution in [0.2, 0.25) is 0 Å². The molecular formula is C12H15N3O4S. The molecule has 0 spiro atoms. The van der Waals surface area contributed by atoms with Crippen molar-refractivity contribution in [2.75, 3.05) is 18.8 Å². The molecule has 1 aliphatic heterocycles. The third kappa shape index (κ3) is 2.34. The average molecular weight is 297 g/mol. The Morgan fingerprint density at radius 1 is 1.40 bits per heavy atom. The van der Waals surface area contributed by atoms with Gasteiger partial charge in [0, 0.05) is 25.2 Å². The van der Waals surface area contributed by atoms with E-state index in [0.29, 0.717) is 10.8 Å². The van der Waals surface area contributed by atoms with E-state index in [-0.39, 0.29) is 35.0 Å². The van der Waals surface area contributed by atoms with Crippen molar-refractivity contribution >= 4 is 27.5 Å². The Morgan fingerprint density at radius 2 is 2.10 bits per heavy atom. The van der Waals surface area contributed by atoms with Gasteiger partial charge in [0.2, 0.25) is 5.91 Å². The maximum atomic E-state index is 12.2. The molecule has 2 rings (SSSR count). The van der Waals surface area contributed by atoms with Gasteiger partial charge in [-0.1, -0.05) is 0 Å². The van der Waals surface area contributed by atoms with Crippen LogP contribution in [0.15, 0.2) is 23.1 Å². The number of hydrogen-bond donors (Lipinski definition) is 2. The first-order chi connectivity index (χ1) is 9.37. The molecule has 2 amide bonds. The first kappa shape index (κ1) is 14.3. The maximum absolute atomic E-state index is 12.2. The summed E-state index contributed by atoms with van der Waals surface area (Å²) in [5.74, 6) is -0.921. The summed E-state index contributed by atoms with van der Waals surface area (Å²) >= 11 is 0. The van der Waals surface area contributed by atoms with Gasteiger partial charge in [-0.3, -0.25) is 9.59 Å². The molecule has 0 radical (unpaired) electrons. The number of carbonyl (C=O) groups excluding carboxylic acids is 2. The quantitative estimate of drug-likeness (QED) is 0.757. The van der Waals surface area contributed by atoms with Gasteiger partial charge in [0.1, 0.15) is 4.90 Å². The molecule has 3 N–H and O–H groups in total. The van der Waals surface area contributed by atoms with E-state index in [0.717, 1.165) is 0 Å².